The SMILES string of the molecule is Cc1ccc(C)c(-n2nc(-c3ccccc3F)cc2C(=O)NC(C)CCc2ccccc2)c1. The zero-order chi connectivity index (χ0) is 23.4. The van der Waals surface area contributed by atoms with E-state index >= 15 is 0 Å². The molecule has 4 rings (SSSR count). The van der Waals surface area contributed by atoms with Crippen molar-refractivity contribution in [1.29, 1.82) is 0 Å². The Morgan fingerprint density at radius 1 is 1.00 bits per heavy atom. The smallest absolute Gasteiger partial charge is 0.270 e. The molecule has 1 unspecified atom stereocenters. The number of benzene rings is 3. The first kappa shape index (κ1) is 22.5. The van der Waals surface area contributed by atoms with Gasteiger partial charge in [0, 0.05) is 11.6 Å². The van der Waals surface area contributed by atoms with Crippen molar-refractivity contribution in [1.82, 2.24) is 15.1 Å². The van der Waals surface area contributed by atoms with E-state index in [0.717, 1.165) is 29.7 Å². The van der Waals surface area contributed by atoms with Crippen LogP contribution in [0.4, 0.5) is 4.39 Å². The van der Waals surface area contributed by atoms with Gasteiger partial charge in [-0.15, -0.1) is 0 Å². The minimum Gasteiger partial charge on any atom is -0.348 e. The van der Waals surface area contributed by atoms with Gasteiger partial charge in [-0.1, -0.05) is 54.6 Å². The first-order chi connectivity index (χ1) is 15.9. The van der Waals surface area contributed by atoms with Crippen molar-refractivity contribution < 1.29 is 9.18 Å². The van der Waals surface area contributed by atoms with Crippen LogP contribution in [0.2, 0.25) is 0 Å². The summed E-state index contributed by atoms with van der Waals surface area (Å²) in [5.74, 6) is -0.599. The number of hydrogen-bond acceptors (Lipinski definition) is 2. The lowest BCUT2D eigenvalue weighted by atomic mass is 10.1. The second-order valence-electron chi connectivity index (χ2n) is 8.50. The molecule has 1 N–H and O–H groups in total. The van der Waals surface area contributed by atoms with Crippen LogP contribution in [0.5, 0.6) is 0 Å². The molecule has 0 saturated carbocycles. The Morgan fingerprint density at radius 2 is 1.73 bits per heavy atom. The number of amides is 1. The van der Waals surface area contributed by atoms with Gasteiger partial charge in [-0.25, -0.2) is 9.07 Å². The number of hydrogen-bond donors (Lipinski definition) is 1. The predicted octanol–water partition coefficient (Wildman–Crippen LogP) is 6.05. The molecule has 4 aromatic rings. The Morgan fingerprint density at radius 3 is 2.48 bits per heavy atom. The molecule has 0 bridgehead atoms. The predicted molar refractivity (Wildman–Crippen MR) is 130 cm³/mol. The van der Waals surface area contributed by atoms with E-state index in [1.54, 1.807) is 28.9 Å². The summed E-state index contributed by atoms with van der Waals surface area (Å²) in [7, 11) is 0. The van der Waals surface area contributed by atoms with Gasteiger partial charge in [0.1, 0.15) is 11.5 Å². The molecule has 0 saturated heterocycles. The van der Waals surface area contributed by atoms with Crippen LogP contribution >= 0.6 is 0 Å². The Balaban J connectivity index is 1.64. The van der Waals surface area contributed by atoms with Crippen LogP contribution in [-0.4, -0.2) is 21.7 Å². The van der Waals surface area contributed by atoms with E-state index in [4.69, 9.17) is 0 Å². The molecule has 5 heteroatoms. The van der Waals surface area contributed by atoms with Crippen LogP contribution < -0.4 is 5.32 Å². The van der Waals surface area contributed by atoms with E-state index in [2.05, 4.69) is 22.5 Å². The number of halogens is 1. The average Bonchev–Trinajstić information content (AvgIpc) is 3.25. The van der Waals surface area contributed by atoms with Gasteiger partial charge in [0.05, 0.1) is 11.4 Å². The third kappa shape index (κ3) is 5.20. The van der Waals surface area contributed by atoms with Gasteiger partial charge in [-0.2, -0.15) is 5.10 Å². The number of aromatic nitrogens is 2. The lowest BCUT2D eigenvalue weighted by molar-refractivity contribution is 0.0930. The maximum Gasteiger partial charge on any atom is 0.270 e. The molecule has 3 aromatic carbocycles. The van der Waals surface area contributed by atoms with Gasteiger partial charge >= 0.3 is 0 Å². The van der Waals surface area contributed by atoms with Gasteiger partial charge in [0.15, 0.2) is 0 Å². The van der Waals surface area contributed by atoms with E-state index in [1.807, 2.05) is 57.2 Å². The number of carbonyl (C=O) groups excluding carboxylic acids is 1. The van der Waals surface area contributed by atoms with E-state index in [-0.39, 0.29) is 17.8 Å². The summed E-state index contributed by atoms with van der Waals surface area (Å²) in [6.07, 6.45) is 1.69. The molecule has 33 heavy (non-hydrogen) atoms. The second kappa shape index (κ2) is 9.82. The molecule has 0 fully saturated rings. The quantitative estimate of drug-likeness (QED) is 0.380. The van der Waals surface area contributed by atoms with E-state index in [1.165, 1.54) is 11.6 Å². The average molecular weight is 442 g/mol. The Kier molecular flexibility index (Phi) is 6.68. The third-order valence-electron chi connectivity index (χ3n) is 5.77. The highest BCUT2D eigenvalue weighted by Crippen LogP contribution is 2.26. The highest BCUT2D eigenvalue weighted by molar-refractivity contribution is 5.94. The van der Waals surface area contributed by atoms with Gasteiger partial charge in [-0.05, 0) is 74.6 Å². The Bertz CT molecular complexity index is 1260. The van der Waals surface area contributed by atoms with Crippen LogP contribution in [0.25, 0.3) is 16.9 Å². The maximum atomic E-state index is 14.5. The molecular weight excluding hydrogens is 413 g/mol. The first-order valence-electron chi connectivity index (χ1n) is 11.2. The second-order valence-corrected chi connectivity index (χ2v) is 8.50. The summed E-state index contributed by atoms with van der Waals surface area (Å²) in [6, 6.07) is 24.3. The zero-order valence-electron chi connectivity index (χ0n) is 19.2. The number of aryl methyl sites for hydroxylation is 3. The van der Waals surface area contributed by atoms with Crippen LogP contribution in [0, 0.1) is 19.7 Å². The van der Waals surface area contributed by atoms with Crippen LogP contribution in [0.3, 0.4) is 0 Å². The van der Waals surface area contributed by atoms with Crippen LogP contribution in [0.15, 0.2) is 78.9 Å². The normalized spacial score (nSPS) is 11.9. The molecule has 0 aliphatic rings. The molecule has 4 nitrogen and oxygen atoms in total. The number of carbonyl (C=O) groups is 1. The maximum absolute atomic E-state index is 14.5. The first-order valence-corrected chi connectivity index (χ1v) is 11.2. The summed E-state index contributed by atoms with van der Waals surface area (Å²) < 4.78 is 16.1. The molecule has 1 amide bonds. The topological polar surface area (TPSA) is 46.9 Å². The molecule has 1 atom stereocenters. The van der Waals surface area contributed by atoms with E-state index in [9.17, 15) is 9.18 Å². The largest absolute Gasteiger partial charge is 0.348 e. The standard InChI is InChI=1S/C28H28FN3O/c1-19-13-14-20(2)26(17-19)32-27(18-25(31-32)23-11-7-8-12-24(23)29)28(33)30-21(3)15-16-22-9-5-4-6-10-22/h4-14,17-18,21H,15-16H2,1-3H3,(H,30,33). The molecule has 0 aliphatic carbocycles. The van der Waals surface area contributed by atoms with Crippen molar-refractivity contribution in [3.8, 4) is 16.9 Å². The summed E-state index contributed by atoms with van der Waals surface area (Å²) in [6.45, 7) is 5.97. The van der Waals surface area contributed by atoms with Gasteiger partial charge < -0.3 is 5.32 Å². The summed E-state index contributed by atoms with van der Waals surface area (Å²) in [5.41, 5.74) is 5.26. The van der Waals surface area contributed by atoms with Crippen molar-refractivity contribution in [2.24, 2.45) is 0 Å². The highest BCUT2D eigenvalue weighted by atomic mass is 19.1. The molecule has 1 aromatic heterocycles. The molecule has 1 heterocycles. The summed E-state index contributed by atoms with van der Waals surface area (Å²) in [4.78, 5) is 13.3. The van der Waals surface area contributed by atoms with E-state index in [0.29, 0.717) is 17.0 Å². The number of rotatable bonds is 7. The molecular formula is C28H28FN3O. The minimum atomic E-state index is -0.369. The fourth-order valence-electron chi connectivity index (χ4n) is 3.87. The van der Waals surface area contributed by atoms with Crippen molar-refractivity contribution in [3.63, 3.8) is 0 Å². The van der Waals surface area contributed by atoms with Crippen LogP contribution in [0.1, 0.15) is 40.5 Å². The monoisotopic (exact) mass is 441 g/mol. The van der Waals surface area contributed by atoms with E-state index < -0.39 is 0 Å². The minimum absolute atomic E-state index is 0.0310. The molecule has 0 aliphatic heterocycles. The fourth-order valence-corrected chi connectivity index (χ4v) is 3.87. The molecule has 0 radical (unpaired) electrons. The lowest BCUT2D eigenvalue weighted by Crippen LogP contribution is -2.34. The number of nitrogens with one attached hydrogen (secondary N) is 1. The zero-order valence-corrected chi connectivity index (χ0v) is 19.2. The van der Waals surface area contributed by atoms with Gasteiger partial charge in [0.25, 0.3) is 5.91 Å². The Hall–Kier alpha value is -3.73. The van der Waals surface area contributed by atoms with Crippen molar-refractivity contribution in [2.45, 2.75) is 39.7 Å². The van der Waals surface area contributed by atoms with Crippen molar-refractivity contribution >= 4 is 5.91 Å². The van der Waals surface area contributed by atoms with Crippen molar-refractivity contribution in [3.05, 3.63) is 107 Å². The number of nitrogens with zero attached hydrogens (tertiary/aromatic N) is 2. The third-order valence-corrected chi connectivity index (χ3v) is 5.77. The highest BCUT2D eigenvalue weighted by Gasteiger charge is 2.21. The van der Waals surface area contributed by atoms with Gasteiger partial charge in [-0.3, -0.25) is 4.79 Å². The fraction of sp³-hybridized carbons (Fsp3) is 0.214. The Labute approximate surface area is 194 Å². The summed E-state index contributed by atoms with van der Waals surface area (Å²) in [5, 5.41) is 7.75. The molecule has 0 spiro atoms. The molecule has 168 valence electrons. The van der Waals surface area contributed by atoms with Crippen LogP contribution in [-0.2, 0) is 6.42 Å². The van der Waals surface area contributed by atoms with Crippen molar-refractivity contribution in [2.75, 3.05) is 0 Å². The summed E-state index contributed by atoms with van der Waals surface area (Å²) >= 11 is 0. The van der Waals surface area contributed by atoms with Gasteiger partial charge in [0.2, 0.25) is 0 Å². The lowest BCUT2D eigenvalue weighted by Gasteiger charge is -2.15.